The van der Waals surface area contributed by atoms with Gasteiger partial charge in [-0.05, 0) is 103 Å². The molecular weight excluding hydrogens is 997 g/mol. The molecule has 0 radical (unpaired) electrons. The number of rotatable bonds is 62. The van der Waals surface area contributed by atoms with Crippen LogP contribution in [0.2, 0.25) is 0 Å². The third kappa shape index (κ3) is 66.8. The molecule has 0 rings (SSSR count). The van der Waals surface area contributed by atoms with Gasteiger partial charge in [0.15, 0.2) is 6.10 Å². The van der Waals surface area contributed by atoms with Crippen LogP contribution < -0.4 is 0 Å². The first kappa shape index (κ1) is 77.1. The number of ether oxygens (including phenoxy) is 3. The van der Waals surface area contributed by atoms with Crippen molar-refractivity contribution < 1.29 is 28.6 Å². The van der Waals surface area contributed by atoms with Crippen LogP contribution in [0.1, 0.15) is 329 Å². The van der Waals surface area contributed by atoms with E-state index in [1.54, 1.807) is 0 Å². The molecule has 6 nitrogen and oxygen atoms in total. The minimum atomic E-state index is -0.793. The normalized spacial score (nSPS) is 12.8. The molecule has 0 N–H and O–H groups in total. The van der Waals surface area contributed by atoms with Crippen molar-refractivity contribution in [2.75, 3.05) is 13.2 Å². The van der Waals surface area contributed by atoms with Crippen LogP contribution in [-0.2, 0) is 28.6 Å². The third-order valence-corrected chi connectivity index (χ3v) is 14.8. The summed E-state index contributed by atoms with van der Waals surface area (Å²) in [4.78, 5) is 38.3. The number of carbonyl (C=O) groups excluding carboxylic acids is 3. The molecule has 0 spiro atoms. The van der Waals surface area contributed by atoms with Gasteiger partial charge in [-0.25, -0.2) is 0 Å². The van der Waals surface area contributed by atoms with Crippen LogP contribution in [0, 0.1) is 0 Å². The topological polar surface area (TPSA) is 78.9 Å². The summed E-state index contributed by atoms with van der Waals surface area (Å²) in [6.07, 6.45) is 94.0. The lowest BCUT2D eigenvalue weighted by molar-refractivity contribution is -0.167. The molecule has 0 aliphatic heterocycles. The lowest BCUT2D eigenvalue weighted by atomic mass is 10.0. The van der Waals surface area contributed by atoms with E-state index in [0.29, 0.717) is 19.3 Å². The standard InChI is InChI=1S/C75H128O6/c1-4-7-10-13-16-19-22-24-26-28-30-32-34-35-36-37-38-39-41-42-44-46-48-50-53-56-59-62-65-68-74(77)80-71-72(70-79-73(76)67-64-61-58-55-52-21-18-15-12-9-6-3)81-75(78)69-66-63-60-57-54-51-49-47-45-43-40-33-31-29-27-25-23-20-17-14-11-8-5-2/h7,10,15-16,18-19,24,26,30,32,35-36,38-39,42,44,48,50,72H,4-6,8-9,11-14,17,20-23,25,27-29,31,33-34,37,40-41,43,45-47,49,51-71H2,1-3H3/b10-7-,18-15-,19-16-,26-24-,32-30-,36-35-,39-38-,44-42-,50-48-. The zero-order valence-corrected chi connectivity index (χ0v) is 53.3. The molecule has 464 valence electrons. The maximum Gasteiger partial charge on any atom is 0.306 e. The predicted octanol–water partition coefficient (Wildman–Crippen LogP) is 23.8. The number of esters is 3. The van der Waals surface area contributed by atoms with Crippen LogP contribution in [0.25, 0.3) is 0 Å². The summed E-state index contributed by atoms with van der Waals surface area (Å²) < 4.78 is 16.9. The Morgan fingerprint density at radius 3 is 0.802 bits per heavy atom. The predicted molar refractivity (Wildman–Crippen MR) is 353 cm³/mol. The molecule has 1 unspecified atom stereocenters. The van der Waals surface area contributed by atoms with Gasteiger partial charge in [0, 0.05) is 19.3 Å². The second-order valence-electron chi connectivity index (χ2n) is 22.7. The zero-order chi connectivity index (χ0) is 58.5. The molecule has 1 atom stereocenters. The molecular formula is C75H128O6. The third-order valence-electron chi connectivity index (χ3n) is 14.8. The van der Waals surface area contributed by atoms with E-state index in [1.807, 2.05) is 0 Å². The van der Waals surface area contributed by atoms with Crippen LogP contribution >= 0.6 is 0 Å². The molecule has 0 aliphatic carbocycles. The van der Waals surface area contributed by atoms with Crippen molar-refractivity contribution in [1.82, 2.24) is 0 Å². The lowest BCUT2D eigenvalue weighted by Crippen LogP contribution is -2.30. The van der Waals surface area contributed by atoms with Crippen molar-refractivity contribution in [3.05, 3.63) is 109 Å². The highest BCUT2D eigenvalue weighted by Crippen LogP contribution is 2.17. The van der Waals surface area contributed by atoms with E-state index in [-0.39, 0.29) is 31.1 Å². The van der Waals surface area contributed by atoms with Gasteiger partial charge in [0.05, 0.1) is 0 Å². The van der Waals surface area contributed by atoms with Gasteiger partial charge < -0.3 is 14.2 Å². The Morgan fingerprint density at radius 2 is 0.494 bits per heavy atom. The van der Waals surface area contributed by atoms with E-state index < -0.39 is 6.10 Å². The number of carbonyl (C=O) groups is 3. The van der Waals surface area contributed by atoms with Gasteiger partial charge in [0.25, 0.3) is 0 Å². The molecule has 0 aromatic rings. The van der Waals surface area contributed by atoms with E-state index in [4.69, 9.17) is 14.2 Å². The van der Waals surface area contributed by atoms with Gasteiger partial charge in [-0.3, -0.25) is 14.4 Å². The molecule has 0 fully saturated rings. The van der Waals surface area contributed by atoms with Crippen molar-refractivity contribution in [2.24, 2.45) is 0 Å². The van der Waals surface area contributed by atoms with Crippen molar-refractivity contribution in [3.8, 4) is 0 Å². The smallest absolute Gasteiger partial charge is 0.306 e. The first-order valence-electron chi connectivity index (χ1n) is 34.4. The van der Waals surface area contributed by atoms with Crippen LogP contribution in [0.3, 0.4) is 0 Å². The highest BCUT2D eigenvalue weighted by molar-refractivity contribution is 5.71. The molecule has 0 heterocycles. The van der Waals surface area contributed by atoms with Crippen molar-refractivity contribution in [1.29, 1.82) is 0 Å². The lowest BCUT2D eigenvalue weighted by Gasteiger charge is -2.18. The van der Waals surface area contributed by atoms with Gasteiger partial charge in [-0.1, -0.05) is 316 Å². The van der Waals surface area contributed by atoms with Gasteiger partial charge in [-0.2, -0.15) is 0 Å². The second-order valence-corrected chi connectivity index (χ2v) is 22.7. The molecule has 0 saturated carbocycles. The summed E-state index contributed by atoms with van der Waals surface area (Å²) in [6.45, 7) is 6.49. The van der Waals surface area contributed by atoms with E-state index in [2.05, 4.69) is 130 Å². The van der Waals surface area contributed by atoms with E-state index >= 15 is 0 Å². The Morgan fingerprint density at radius 1 is 0.259 bits per heavy atom. The van der Waals surface area contributed by atoms with Crippen LogP contribution in [0.5, 0.6) is 0 Å². The number of hydrogen-bond acceptors (Lipinski definition) is 6. The summed E-state index contributed by atoms with van der Waals surface area (Å²) in [7, 11) is 0. The van der Waals surface area contributed by atoms with Gasteiger partial charge >= 0.3 is 17.9 Å². The van der Waals surface area contributed by atoms with Crippen LogP contribution in [0.4, 0.5) is 0 Å². The van der Waals surface area contributed by atoms with Crippen molar-refractivity contribution >= 4 is 17.9 Å². The quantitative estimate of drug-likeness (QED) is 0.0261. The summed E-state index contributed by atoms with van der Waals surface area (Å²) in [6, 6.07) is 0. The summed E-state index contributed by atoms with van der Waals surface area (Å²) in [5.74, 6) is -0.912. The van der Waals surface area contributed by atoms with Crippen molar-refractivity contribution in [3.63, 3.8) is 0 Å². The zero-order valence-electron chi connectivity index (χ0n) is 53.3. The highest BCUT2D eigenvalue weighted by atomic mass is 16.6. The Labute approximate surface area is 501 Å². The van der Waals surface area contributed by atoms with Crippen LogP contribution in [-0.4, -0.2) is 37.2 Å². The Hall–Kier alpha value is -3.93. The molecule has 0 saturated heterocycles. The highest BCUT2D eigenvalue weighted by Gasteiger charge is 2.19. The largest absolute Gasteiger partial charge is 0.462 e. The molecule has 0 bridgehead atoms. The summed E-state index contributed by atoms with van der Waals surface area (Å²) in [5.41, 5.74) is 0. The molecule has 6 heteroatoms. The van der Waals surface area contributed by atoms with Crippen molar-refractivity contribution in [2.45, 2.75) is 335 Å². The minimum Gasteiger partial charge on any atom is -0.462 e. The average Bonchev–Trinajstić information content (AvgIpc) is 3.47. The number of unbranched alkanes of at least 4 members (excludes halogenated alkanes) is 33. The van der Waals surface area contributed by atoms with E-state index in [1.165, 1.54) is 161 Å². The minimum absolute atomic E-state index is 0.0889. The first-order valence-corrected chi connectivity index (χ1v) is 34.4. The Kier molecular flexibility index (Phi) is 65.2. The van der Waals surface area contributed by atoms with Gasteiger partial charge in [0.2, 0.25) is 0 Å². The molecule has 0 aromatic heterocycles. The fourth-order valence-electron chi connectivity index (χ4n) is 9.62. The van der Waals surface area contributed by atoms with Gasteiger partial charge in [0.1, 0.15) is 13.2 Å². The van der Waals surface area contributed by atoms with E-state index in [9.17, 15) is 14.4 Å². The van der Waals surface area contributed by atoms with E-state index in [0.717, 1.165) is 128 Å². The Balaban J connectivity index is 4.31. The molecule has 0 aliphatic rings. The first-order chi connectivity index (χ1) is 40.0. The number of hydrogen-bond donors (Lipinski definition) is 0. The summed E-state index contributed by atoms with van der Waals surface area (Å²) >= 11 is 0. The maximum atomic E-state index is 12.9. The fourth-order valence-corrected chi connectivity index (χ4v) is 9.62. The van der Waals surface area contributed by atoms with Gasteiger partial charge in [-0.15, -0.1) is 0 Å². The van der Waals surface area contributed by atoms with Crippen LogP contribution in [0.15, 0.2) is 109 Å². The maximum absolute atomic E-state index is 12.9. The monoisotopic (exact) mass is 1120 g/mol. The molecule has 0 amide bonds. The summed E-state index contributed by atoms with van der Waals surface area (Å²) in [5, 5.41) is 0. The fraction of sp³-hybridized carbons (Fsp3) is 0.720. The number of allylic oxidation sites excluding steroid dienone is 18. The average molecular weight is 1130 g/mol. The Bertz CT molecular complexity index is 1620. The molecule has 0 aromatic carbocycles. The molecule has 81 heavy (non-hydrogen) atoms. The second kappa shape index (κ2) is 68.6. The SMILES string of the molecule is CC/C=C\C/C=C\C/C=C\C/C=C\C/C=C\C/C=C\C/C=C\C/C=C\CCCCCCC(=O)OCC(COC(=O)CCCCCCC/C=C\CCCC)OC(=O)CCCCCCCCCCCCCCCCCCCCCCCCC.